The first kappa shape index (κ1) is 15.9. The molecule has 124 valence electrons. The highest BCUT2D eigenvalue weighted by atomic mass is 32.2. The molecule has 1 fully saturated rings. The van der Waals surface area contributed by atoms with Gasteiger partial charge in [-0.05, 0) is 37.0 Å². The summed E-state index contributed by atoms with van der Waals surface area (Å²) in [6.45, 7) is 1.59. The minimum Gasteiger partial charge on any atom is -0.346 e. The summed E-state index contributed by atoms with van der Waals surface area (Å²) >= 11 is 0. The van der Waals surface area contributed by atoms with Crippen LogP contribution in [0.1, 0.15) is 23.3 Å². The Morgan fingerprint density at radius 3 is 3.04 bits per heavy atom. The highest BCUT2D eigenvalue weighted by molar-refractivity contribution is 7.88. The molecule has 1 amide bonds. The lowest BCUT2D eigenvalue weighted by Gasteiger charge is -2.32. The van der Waals surface area contributed by atoms with Gasteiger partial charge in [0.15, 0.2) is 0 Å². The topological polar surface area (TPSA) is 95.2 Å². The molecule has 1 aliphatic heterocycles. The van der Waals surface area contributed by atoms with E-state index in [1.54, 1.807) is 17.2 Å². The second kappa shape index (κ2) is 6.29. The Balaban J connectivity index is 1.68. The number of sulfonamides is 1. The van der Waals surface area contributed by atoms with Crippen LogP contribution in [-0.4, -0.2) is 55.1 Å². The Labute approximate surface area is 135 Å². The van der Waals surface area contributed by atoms with E-state index in [-0.39, 0.29) is 11.8 Å². The third kappa shape index (κ3) is 3.89. The molecule has 2 aromatic rings. The molecular formula is C15H20N4O3S. The van der Waals surface area contributed by atoms with E-state index >= 15 is 0 Å². The number of pyridine rings is 1. The smallest absolute Gasteiger partial charge is 0.272 e. The van der Waals surface area contributed by atoms with Gasteiger partial charge in [0.25, 0.3) is 5.91 Å². The molecule has 0 radical (unpaired) electrons. The summed E-state index contributed by atoms with van der Waals surface area (Å²) in [6.07, 6.45) is 4.72. The van der Waals surface area contributed by atoms with Crippen LogP contribution >= 0.6 is 0 Å². The van der Waals surface area contributed by atoms with Crippen molar-refractivity contribution in [1.29, 1.82) is 0 Å². The fourth-order valence-electron chi connectivity index (χ4n) is 2.90. The maximum Gasteiger partial charge on any atom is 0.272 e. The number of carbonyl (C=O) groups is 1. The van der Waals surface area contributed by atoms with Gasteiger partial charge in [-0.2, -0.15) is 0 Å². The van der Waals surface area contributed by atoms with Crippen LogP contribution in [0.4, 0.5) is 0 Å². The van der Waals surface area contributed by atoms with E-state index in [1.807, 2.05) is 12.1 Å². The van der Waals surface area contributed by atoms with Crippen molar-refractivity contribution in [3.63, 3.8) is 0 Å². The van der Waals surface area contributed by atoms with Gasteiger partial charge in [-0.25, -0.2) is 18.1 Å². The molecule has 2 aromatic heterocycles. The van der Waals surface area contributed by atoms with Crippen molar-refractivity contribution in [3.8, 4) is 0 Å². The molecule has 0 spiro atoms. The Hall–Kier alpha value is -1.93. The van der Waals surface area contributed by atoms with Crippen LogP contribution in [0.15, 0.2) is 24.4 Å². The van der Waals surface area contributed by atoms with Crippen molar-refractivity contribution in [2.75, 3.05) is 25.9 Å². The molecule has 3 rings (SSSR count). The van der Waals surface area contributed by atoms with Crippen LogP contribution in [-0.2, 0) is 10.0 Å². The van der Waals surface area contributed by atoms with E-state index in [9.17, 15) is 13.2 Å². The predicted octanol–water partition coefficient (Wildman–Crippen LogP) is 0.964. The molecule has 0 aromatic carbocycles. The van der Waals surface area contributed by atoms with E-state index in [4.69, 9.17) is 0 Å². The Morgan fingerprint density at radius 2 is 2.26 bits per heavy atom. The summed E-state index contributed by atoms with van der Waals surface area (Å²) in [5.74, 6) is 0.0298. The third-order valence-electron chi connectivity index (χ3n) is 4.07. The average molecular weight is 336 g/mol. The molecule has 1 aliphatic rings. The van der Waals surface area contributed by atoms with Gasteiger partial charge in [0, 0.05) is 31.2 Å². The first-order valence-electron chi connectivity index (χ1n) is 7.60. The molecule has 0 saturated carbocycles. The molecule has 23 heavy (non-hydrogen) atoms. The van der Waals surface area contributed by atoms with Crippen LogP contribution in [0.25, 0.3) is 11.0 Å². The number of amides is 1. The van der Waals surface area contributed by atoms with Gasteiger partial charge in [-0.1, -0.05) is 0 Å². The first-order chi connectivity index (χ1) is 10.9. The van der Waals surface area contributed by atoms with Crippen molar-refractivity contribution in [1.82, 2.24) is 19.6 Å². The Bertz CT molecular complexity index is 815. The number of carbonyl (C=O) groups excluding carboxylic acids is 1. The number of aromatic amines is 1. The van der Waals surface area contributed by atoms with E-state index in [0.717, 1.165) is 24.5 Å². The number of nitrogens with one attached hydrogen (secondary N) is 2. The van der Waals surface area contributed by atoms with E-state index in [1.165, 1.54) is 0 Å². The summed E-state index contributed by atoms with van der Waals surface area (Å²) in [4.78, 5) is 21.7. The number of fused-ring (bicyclic) bond motifs is 1. The van der Waals surface area contributed by atoms with Gasteiger partial charge < -0.3 is 9.88 Å². The zero-order valence-corrected chi connectivity index (χ0v) is 13.8. The van der Waals surface area contributed by atoms with Crippen LogP contribution < -0.4 is 4.72 Å². The normalized spacial score (nSPS) is 19.2. The molecule has 1 saturated heterocycles. The number of likely N-dealkylation sites (tertiary alicyclic amines) is 1. The summed E-state index contributed by atoms with van der Waals surface area (Å²) in [6, 6.07) is 5.51. The Kier molecular flexibility index (Phi) is 4.36. The third-order valence-corrected chi connectivity index (χ3v) is 4.76. The molecule has 0 aliphatic carbocycles. The summed E-state index contributed by atoms with van der Waals surface area (Å²) in [5.41, 5.74) is 1.11. The van der Waals surface area contributed by atoms with E-state index in [0.29, 0.717) is 31.0 Å². The molecule has 3 heterocycles. The lowest BCUT2D eigenvalue weighted by Crippen LogP contribution is -2.43. The number of piperidine rings is 1. The number of aromatic nitrogens is 2. The lowest BCUT2D eigenvalue weighted by molar-refractivity contribution is 0.0671. The summed E-state index contributed by atoms with van der Waals surface area (Å²) in [5, 5.41) is 0.968. The molecule has 2 N–H and O–H groups in total. The monoisotopic (exact) mass is 336 g/mol. The number of rotatable bonds is 4. The lowest BCUT2D eigenvalue weighted by atomic mass is 9.98. The minimum absolute atomic E-state index is 0.106. The molecule has 0 bridgehead atoms. The van der Waals surface area contributed by atoms with Crippen molar-refractivity contribution in [3.05, 3.63) is 30.1 Å². The van der Waals surface area contributed by atoms with Gasteiger partial charge in [-0.3, -0.25) is 4.79 Å². The van der Waals surface area contributed by atoms with Crippen molar-refractivity contribution < 1.29 is 13.2 Å². The molecule has 1 unspecified atom stereocenters. The zero-order valence-electron chi connectivity index (χ0n) is 12.9. The maximum atomic E-state index is 12.6. The average Bonchev–Trinajstić information content (AvgIpc) is 2.99. The van der Waals surface area contributed by atoms with Crippen LogP contribution in [0, 0.1) is 5.92 Å². The highest BCUT2D eigenvalue weighted by Gasteiger charge is 2.25. The maximum absolute atomic E-state index is 12.6. The van der Waals surface area contributed by atoms with Crippen LogP contribution in [0.5, 0.6) is 0 Å². The summed E-state index contributed by atoms with van der Waals surface area (Å²) in [7, 11) is -3.20. The minimum atomic E-state index is -3.20. The molecular weight excluding hydrogens is 316 g/mol. The Morgan fingerprint density at radius 1 is 1.43 bits per heavy atom. The number of hydrogen-bond acceptors (Lipinski definition) is 4. The van der Waals surface area contributed by atoms with E-state index in [2.05, 4.69) is 14.7 Å². The quantitative estimate of drug-likeness (QED) is 0.869. The number of nitrogens with zero attached hydrogens (tertiary/aromatic N) is 2. The molecule has 7 nitrogen and oxygen atoms in total. The standard InChI is InChI=1S/C15H20N4O3S/c1-23(21,22)17-9-11-3-2-8-19(10-11)15(20)13-5-4-12-6-7-16-14(12)18-13/h4-7,11,17H,2-3,8-10H2,1H3,(H,16,18). The SMILES string of the molecule is CS(=O)(=O)NCC1CCCN(C(=O)c2ccc3cc[nH]c3n2)C1. The molecule has 8 heteroatoms. The number of H-pyrrole nitrogens is 1. The van der Waals surface area contributed by atoms with Gasteiger partial charge in [0.1, 0.15) is 11.3 Å². The van der Waals surface area contributed by atoms with Gasteiger partial charge >= 0.3 is 0 Å². The zero-order chi connectivity index (χ0) is 16.4. The van der Waals surface area contributed by atoms with Gasteiger partial charge in [0.2, 0.25) is 10.0 Å². The fourth-order valence-corrected chi connectivity index (χ4v) is 3.44. The highest BCUT2D eigenvalue weighted by Crippen LogP contribution is 2.19. The largest absolute Gasteiger partial charge is 0.346 e. The molecule has 1 atom stereocenters. The second-order valence-corrected chi connectivity index (χ2v) is 7.83. The van der Waals surface area contributed by atoms with Crippen molar-refractivity contribution >= 4 is 27.0 Å². The predicted molar refractivity (Wildman–Crippen MR) is 87.6 cm³/mol. The van der Waals surface area contributed by atoms with Crippen molar-refractivity contribution in [2.45, 2.75) is 12.8 Å². The van der Waals surface area contributed by atoms with Crippen LogP contribution in [0.3, 0.4) is 0 Å². The van der Waals surface area contributed by atoms with Crippen LogP contribution in [0.2, 0.25) is 0 Å². The fraction of sp³-hybridized carbons (Fsp3) is 0.467. The van der Waals surface area contributed by atoms with Gasteiger partial charge in [-0.15, -0.1) is 0 Å². The van der Waals surface area contributed by atoms with Crippen molar-refractivity contribution in [2.24, 2.45) is 5.92 Å². The van der Waals surface area contributed by atoms with Gasteiger partial charge in [0.05, 0.1) is 6.26 Å². The first-order valence-corrected chi connectivity index (χ1v) is 9.49. The second-order valence-electron chi connectivity index (χ2n) is 5.99. The summed E-state index contributed by atoms with van der Waals surface area (Å²) < 4.78 is 24.9. The number of hydrogen-bond donors (Lipinski definition) is 2. The van der Waals surface area contributed by atoms with E-state index < -0.39 is 10.0 Å².